The monoisotopic (exact) mass is 229 g/mol. The van der Waals surface area contributed by atoms with Gasteiger partial charge in [0.05, 0.1) is 6.61 Å². The van der Waals surface area contributed by atoms with E-state index >= 15 is 0 Å². The molecule has 92 valence electrons. The maximum atomic E-state index is 11.6. The van der Waals surface area contributed by atoms with Crippen molar-refractivity contribution in [2.45, 2.75) is 46.1 Å². The van der Waals surface area contributed by atoms with Crippen molar-refractivity contribution in [2.24, 2.45) is 0 Å². The van der Waals surface area contributed by atoms with Crippen LogP contribution in [0.4, 0.5) is 0 Å². The largest absolute Gasteiger partial charge is 0.464 e. The molecule has 0 aromatic heterocycles. The summed E-state index contributed by atoms with van der Waals surface area (Å²) in [5.74, 6) is -1.39. The third kappa shape index (κ3) is 5.48. The molecule has 0 rings (SSSR count). The number of unbranched alkanes of at least 4 members (excludes halogenated alkanes) is 1. The van der Waals surface area contributed by atoms with Gasteiger partial charge in [0.15, 0.2) is 11.8 Å². The van der Waals surface area contributed by atoms with Crippen LogP contribution in [0.1, 0.15) is 40.0 Å². The fraction of sp³-hybridized carbons (Fsp3) is 0.727. The standard InChI is InChI=1S/C11H19NO4/c1-4-6-7-9(14)10(12-8(3)13)11(15)16-5-2/h10H,4-7H2,1-3H3,(H,12,13). The summed E-state index contributed by atoms with van der Waals surface area (Å²) >= 11 is 0. The van der Waals surface area contributed by atoms with Crippen molar-refractivity contribution in [3.8, 4) is 0 Å². The zero-order valence-corrected chi connectivity index (χ0v) is 10.0. The topological polar surface area (TPSA) is 72.5 Å². The van der Waals surface area contributed by atoms with E-state index in [0.717, 1.165) is 6.42 Å². The van der Waals surface area contributed by atoms with Crippen molar-refractivity contribution in [1.29, 1.82) is 0 Å². The maximum absolute atomic E-state index is 11.6. The van der Waals surface area contributed by atoms with Crippen LogP contribution in [0.2, 0.25) is 0 Å². The van der Waals surface area contributed by atoms with Crippen LogP contribution in [-0.2, 0) is 19.1 Å². The van der Waals surface area contributed by atoms with E-state index in [1.165, 1.54) is 6.92 Å². The second kappa shape index (κ2) is 7.84. The van der Waals surface area contributed by atoms with E-state index in [0.29, 0.717) is 6.42 Å². The Kier molecular flexibility index (Phi) is 7.16. The number of ketones is 1. The van der Waals surface area contributed by atoms with Gasteiger partial charge in [-0.2, -0.15) is 0 Å². The third-order valence-corrected chi connectivity index (χ3v) is 1.97. The van der Waals surface area contributed by atoms with Crippen LogP contribution < -0.4 is 5.32 Å². The quantitative estimate of drug-likeness (QED) is 0.518. The van der Waals surface area contributed by atoms with Crippen molar-refractivity contribution in [3.63, 3.8) is 0 Å². The average molecular weight is 229 g/mol. The highest BCUT2D eigenvalue weighted by Crippen LogP contribution is 2.01. The highest BCUT2D eigenvalue weighted by atomic mass is 16.5. The van der Waals surface area contributed by atoms with Gasteiger partial charge in [0, 0.05) is 13.3 Å². The molecule has 5 nitrogen and oxygen atoms in total. The highest BCUT2D eigenvalue weighted by Gasteiger charge is 2.27. The molecule has 1 atom stereocenters. The minimum Gasteiger partial charge on any atom is -0.464 e. The molecule has 1 N–H and O–H groups in total. The van der Waals surface area contributed by atoms with Gasteiger partial charge >= 0.3 is 5.97 Å². The van der Waals surface area contributed by atoms with Crippen molar-refractivity contribution in [3.05, 3.63) is 0 Å². The fourth-order valence-corrected chi connectivity index (χ4v) is 1.20. The first-order valence-electron chi connectivity index (χ1n) is 5.49. The number of ether oxygens (including phenoxy) is 1. The van der Waals surface area contributed by atoms with Gasteiger partial charge in [-0.1, -0.05) is 13.3 Å². The van der Waals surface area contributed by atoms with Crippen LogP contribution in [0, 0.1) is 0 Å². The van der Waals surface area contributed by atoms with Crippen molar-refractivity contribution >= 4 is 17.7 Å². The van der Waals surface area contributed by atoms with Crippen LogP contribution in [0.25, 0.3) is 0 Å². The summed E-state index contributed by atoms with van der Waals surface area (Å²) in [6, 6.07) is -1.15. The minimum absolute atomic E-state index is 0.190. The van der Waals surface area contributed by atoms with Crippen LogP contribution >= 0.6 is 0 Å². The second-order valence-corrected chi connectivity index (χ2v) is 3.46. The van der Waals surface area contributed by atoms with Gasteiger partial charge in [-0.25, -0.2) is 4.79 Å². The number of Topliss-reactive ketones (excluding diaryl/α,β-unsaturated/α-hetero) is 1. The van der Waals surface area contributed by atoms with E-state index in [2.05, 4.69) is 5.32 Å². The van der Waals surface area contributed by atoms with Gasteiger partial charge in [-0.3, -0.25) is 9.59 Å². The molecule has 0 fully saturated rings. The Hall–Kier alpha value is -1.39. The zero-order valence-electron chi connectivity index (χ0n) is 10.0. The zero-order chi connectivity index (χ0) is 12.6. The molecule has 0 radical (unpaired) electrons. The molecule has 0 saturated carbocycles. The summed E-state index contributed by atoms with van der Waals surface area (Å²) in [6.07, 6.45) is 1.84. The molecule has 0 bridgehead atoms. The normalized spacial score (nSPS) is 11.7. The van der Waals surface area contributed by atoms with Gasteiger partial charge in [-0.15, -0.1) is 0 Å². The smallest absolute Gasteiger partial charge is 0.336 e. The molecule has 0 aliphatic rings. The molecule has 5 heteroatoms. The van der Waals surface area contributed by atoms with Gasteiger partial charge in [0.2, 0.25) is 5.91 Å². The summed E-state index contributed by atoms with van der Waals surface area (Å²) in [5, 5.41) is 2.31. The lowest BCUT2D eigenvalue weighted by Gasteiger charge is -2.14. The fourth-order valence-electron chi connectivity index (χ4n) is 1.20. The maximum Gasteiger partial charge on any atom is 0.336 e. The lowest BCUT2D eigenvalue weighted by molar-refractivity contribution is -0.150. The molecule has 0 aromatic rings. The van der Waals surface area contributed by atoms with Crippen molar-refractivity contribution < 1.29 is 19.1 Å². The summed E-state index contributed by atoms with van der Waals surface area (Å²) in [6.45, 7) is 5.06. The van der Waals surface area contributed by atoms with Crippen molar-refractivity contribution in [1.82, 2.24) is 5.32 Å². The molecule has 0 aliphatic carbocycles. The molecule has 0 spiro atoms. The van der Waals surface area contributed by atoms with Gasteiger partial charge in [-0.05, 0) is 13.3 Å². The number of carbonyl (C=O) groups excluding carboxylic acids is 3. The second-order valence-electron chi connectivity index (χ2n) is 3.46. The molecule has 0 aliphatic heterocycles. The Morgan fingerprint density at radius 2 is 1.88 bits per heavy atom. The first-order valence-corrected chi connectivity index (χ1v) is 5.49. The first-order chi connectivity index (χ1) is 7.52. The van der Waals surface area contributed by atoms with E-state index in [1.807, 2.05) is 6.92 Å². The number of amides is 1. The predicted molar refractivity (Wildman–Crippen MR) is 58.8 cm³/mol. The molecule has 1 unspecified atom stereocenters. The number of nitrogens with one attached hydrogen (secondary N) is 1. The molecule has 0 heterocycles. The molecule has 0 saturated heterocycles. The number of rotatable bonds is 7. The van der Waals surface area contributed by atoms with Crippen LogP contribution in [0.15, 0.2) is 0 Å². The van der Waals surface area contributed by atoms with E-state index in [1.54, 1.807) is 6.92 Å². The Labute approximate surface area is 95.5 Å². The van der Waals surface area contributed by atoms with Crippen LogP contribution in [0.5, 0.6) is 0 Å². The summed E-state index contributed by atoms with van der Waals surface area (Å²) in [7, 11) is 0. The Bertz CT molecular complexity index is 263. The Morgan fingerprint density at radius 1 is 1.25 bits per heavy atom. The lowest BCUT2D eigenvalue weighted by atomic mass is 10.1. The Balaban J connectivity index is 4.46. The van der Waals surface area contributed by atoms with Crippen LogP contribution in [-0.4, -0.2) is 30.3 Å². The van der Waals surface area contributed by atoms with Gasteiger partial charge < -0.3 is 10.1 Å². The lowest BCUT2D eigenvalue weighted by Crippen LogP contribution is -2.46. The van der Waals surface area contributed by atoms with Gasteiger partial charge in [0.25, 0.3) is 0 Å². The SMILES string of the molecule is CCCCC(=O)C(NC(C)=O)C(=O)OCC. The average Bonchev–Trinajstić information content (AvgIpc) is 2.22. The number of carbonyl (C=O) groups is 3. The van der Waals surface area contributed by atoms with E-state index in [9.17, 15) is 14.4 Å². The highest BCUT2D eigenvalue weighted by molar-refractivity contribution is 6.05. The summed E-state index contributed by atoms with van der Waals surface area (Å²) in [5.41, 5.74) is 0. The summed E-state index contributed by atoms with van der Waals surface area (Å²) < 4.78 is 4.73. The molecule has 0 aromatic carbocycles. The first kappa shape index (κ1) is 14.6. The Morgan fingerprint density at radius 3 is 2.31 bits per heavy atom. The van der Waals surface area contributed by atoms with E-state index in [4.69, 9.17) is 4.74 Å². The molecular formula is C11H19NO4. The van der Waals surface area contributed by atoms with Crippen molar-refractivity contribution in [2.75, 3.05) is 6.61 Å². The number of hydrogen-bond donors (Lipinski definition) is 1. The minimum atomic E-state index is -1.15. The number of hydrogen-bond acceptors (Lipinski definition) is 4. The van der Waals surface area contributed by atoms with E-state index < -0.39 is 17.9 Å². The molecule has 1 amide bonds. The molecular weight excluding hydrogens is 210 g/mol. The summed E-state index contributed by atoms with van der Waals surface area (Å²) in [4.78, 5) is 33.9. The van der Waals surface area contributed by atoms with Crippen LogP contribution in [0.3, 0.4) is 0 Å². The molecule has 16 heavy (non-hydrogen) atoms. The van der Waals surface area contributed by atoms with E-state index in [-0.39, 0.29) is 18.8 Å². The van der Waals surface area contributed by atoms with Gasteiger partial charge in [0.1, 0.15) is 0 Å². The number of esters is 1. The predicted octanol–water partition coefficient (Wildman–Crippen LogP) is 0.813. The third-order valence-electron chi connectivity index (χ3n) is 1.97.